The Labute approximate surface area is 70.8 Å². The van der Waals surface area contributed by atoms with E-state index >= 15 is 0 Å². The molecule has 0 saturated carbocycles. The zero-order valence-electron chi connectivity index (χ0n) is 6.71. The van der Waals surface area contributed by atoms with E-state index in [4.69, 9.17) is 0 Å². The molecule has 0 aliphatic heterocycles. The molecule has 0 N–H and O–H groups in total. The molecule has 0 saturated heterocycles. The predicted molar refractivity (Wildman–Crippen MR) is 46.9 cm³/mol. The Balaban J connectivity index is 3.45. The molecule has 0 spiro atoms. The van der Waals surface area contributed by atoms with Gasteiger partial charge in [-0.3, -0.25) is 0 Å². The van der Waals surface area contributed by atoms with E-state index in [0.29, 0.717) is 4.90 Å². The molecule has 0 radical (unpaired) electrons. The average Bonchev–Trinajstić information content (AvgIpc) is 2.08. The van der Waals surface area contributed by atoms with Crippen LogP contribution in [0.1, 0.15) is 10.4 Å². The van der Waals surface area contributed by atoms with Crippen LogP contribution in [0.5, 0.6) is 0 Å². The van der Waals surface area contributed by atoms with Gasteiger partial charge in [-0.25, -0.2) is 8.42 Å². The zero-order valence-corrected chi connectivity index (χ0v) is 8.34. The van der Waals surface area contributed by atoms with Crippen molar-refractivity contribution in [2.45, 2.75) is 18.7 Å². The van der Waals surface area contributed by atoms with Crippen LogP contribution in [0, 0.1) is 13.8 Å². The molecular formula is C7H10O2S2. The lowest BCUT2D eigenvalue weighted by Crippen LogP contribution is -1.98. The minimum Gasteiger partial charge on any atom is -0.224 e. The molecule has 4 heteroatoms. The summed E-state index contributed by atoms with van der Waals surface area (Å²) >= 11 is 1.48. The highest BCUT2D eigenvalue weighted by Gasteiger charge is 2.14. The molecule has 11 heavy (non-hydrogen) atoms. The summed E-state index contributed by atoms with van der Waals surface area (Å²) in [4.78, 5) is 1.38. The molecule has 0 atom stereocenters. The third-order valence-corrected chi connectivity index (χ3v) is 3.99. The monoisotopic (exact) mass is 190 g/mol. The minimum absolute atomic E-state index is 0.502. The van der Waals surface area contributed by atoms with E-state index in [1.54, 1.807) is 0 Å². The number of aryl methyl sites for hydroxylation is 2. The van der Waals surface area contributed by atoms with Crippen molar-refractivity contribution < 1.29 is 8.42 Å². The average molecular weight is 190 g/mol. The normalized spacial score (nSPS) is 11.9. The van der Waals surface area contributed by atoms with Crippen molar-refractivity contribution in [3.63, 3.8) is 0 Å². The molecule has 1 aromatic heterocycles. The Kier molecular flexibility index (Phi) is 2.07. The summed E-state index contributed by atoms with van der Waals surface area (Å²) in [5.41, 5.74) is 0.856. The van der Waals surface area contributed by atoms with E-state index in [9.17, 15) is 8.42 Å². The first-order chi connectivity index (χ1) is 4.93. The van der Waals surface area contributed by atoms with Crippen LogP contribution in [-0.4, -0.2) is 14.7 Å². The highest BCUT2D eigenvalue weighted by atomic mass is 32.2. The highest BCUT2D eigenvalue weighted by Crippen LogP contribution is 2.25. The summed E-state index contributed by atoms with van der Waals surface area (Å²) in [7, 11) is -3.01. The first-order valence-electron chi connectivity index (χ1n) is 3.17. The van der Waals surface area contributed by atoms with Crippen molar-refractivity contribution in [1.82, 2.24) is 0 Å². The molecule has 0 aromatic carbocycles. The van der Waals surface area contributed by atoms with E-state index < -0.39 is 9.84 Å². The third-order valence-electron chi connectivity index (χ3n) is 1.46. The number of sulfone groups is 1. The van der Waals surface area contributed by atoms with Gasteiger partial charge in [0.15, 0.2) is 9.84 Å². The topological polar surface area (TPSA) is 34.1 Å². The summed E-state index contributed by atoms with van der Waals surface area (Å²) in [5.74, 6) is 0. The summed E-state index contributed by atoms with van der Waals surface area (Å²) < 4.78 is 22.3. The first kappa shape index (κ1) is 8.74. The van der Waals surface area contributed by atoms with Crippen LogP contribution < -0.4 is 0 Å². The summed E-state index contributed by atoms with van der Waals surface area (Å²) in [5, 5.41) is 1.87. The Hall–Kier alpha value is -0.350. The van der Waals surface area contributed by atoms with Crippen LogP contribution >= 0.6 is 11.3 Å². The Morgan fingerprint density at radius 3 is 2.09 bits per heavy atom. The van der Waals surface area contributed by atoms with Gasteiger partial charge < -0.3 is 0 Å². The van der Waals surface area contributed by atoms with Crippen LogP contribution in [0.2, 0.25) is 0 Å². The van der Waals surface area contributed by atoms with Crippen molar-refractivity contribution >= 4 is 21.2 Å². The van der Waals surface area contributed by atoms with E-state index in [2.05, 4.69) is 0 Å². The van der Waals surface area contributed by atoms with Gasteiger partial charge in [-0.1, -0.05) is 0 Å². The van der Waals surface area contributed by atoms with Crippen LogP contribution in [0.25, 0.3) is 0 Å². The molecule has 0 bridgehead atoms. The zero-order chi connectivity index (χ0) is 8.65. The molecular weight excluding hydrogens is 180 g/mol. The Bertz CT molecular complexity index is 340. The summed E-state index contributed by atoms with van der Waals surface area (Å²) in [6, 6.07) is 0. The van der Waals surface area contributed by atoms with E-state index in [1.807, 2.05) is 19.2 Å². The van der Waals surface area contributed by atoms with Gasteiger partial charge >= 0.3 is 0 Å². The van der Waals surface area contributed by atoms with E-state index in [1.165, 1.54) is 17.6 Å². The summed E-state index contributed by atoms with van der Waals surface area (Å²) in [6.07, 6.45) is 1.25. The van der Waals surface area contributed by atoms with Gasteiger partial charge in [0.25, 0.3) is 0 Å². The van der Waals surface area contributed by atoms with Crippen molar-refractivity contribution in [3.8, 4) is 0 Å². The molecule has 0 amide bonds. The van der Waals surface area contributed by atoms with Gasteiger partial charge in [-0.15, -0.1) is 11.3 Å². The fraction of sp³-hybridized carbons (Fsp3) is 0.429. The SMILES string of the molecule is Cc1csc(C)c1S(C)(=O)=O. The maximum atomic E-state index is 11.1. The van der Waals surface area contributed by atoms with Gasteiger partial charge in [0.05, 0.1) is 4.90 Å². The van der Waals surface area contributed by atoms with Crippen molar-refractivity contribution in [3.05, 3.63) is 15.8 Å². The molecule has 0 aliphatic carbocycles. The van der Waals surface area contributed by atoms with Gasteiger partial charge in [0.2, 0.25) is 0 Å². The number of thiophene rings is 1. The molecule has 1 rings (SSSR count). The van der Waals surface area contributed by atoms with Crippen LogP contribution in [0.3, 0.4) is 0 Å². The fourth-order valence-electron chi connectivity index (χ4n) is 1.11. The van der Waals surface area contributed by atoms with Crippen LogP contribution in [0.4, 0.5) is 0 Å². The Morgan fingerprint density at radius 1 is 1.36 bits per heavy atom. The quantitative estimate of drug-likeness (QED) is 0.676. The lowest BCUT2D eigenvalue weighted by atomic mass is 10.3. The molecule has 1 aromatic rings. The van der Waals surface area contributed by atoms with Gasteiger partial charge in [-0.2, -0.15) is 0 Å². The van der Waals surface area contributed by atoms with Crippen molar-refractivity contribution in [2.24, 2.45) is 0 Å². The molecule has 0 aliphatic rings. The number of hydrogen-bond donors (Lipinski definition) is 0. The van der Waals surface area contributed by atoms with E-state index in [-0.39, 0.29) is 0 Å². The van der Waals surface area contributed by atoms with Crippen molar-refractivity contribution in [1.29, 1.82) is 0 Å². The standard InChI is InChI=1S/C7H10O2S2/c1-5-4-10-6(2)7(5)11(3,8)9/h4H,1-3H3. The largest absolute Gasteiger partial charge is 0.224 e. The lowest BCUT2D eigenvalue weighted by Gasteiger charge is -1.96. The van der Waals surface area contributed by atoms with Crippen LogP contribution in [-0.2, 0) is 9.84 Å². The van der Waals surface area contributed by atoms with Gasteiger partial charge in [0, 0.05) is 11.1 Å². The van der Waals surface area contributed by atoms with Crippen LogP contribution in [0.15, 0.2) is 10.3 Å². The number of rotatable bonds is 1. The molecule has 2 nitrogen and oxygen atoms in total. The number of hydrogen-bond acceptors (Lipinski definition) is 3. The van der Waals surface area contributed by atoms with Gasteiger partial charge in [-0.05, 0) is 24.8 Å². The molecule has 0 unspecified atom stereocenters. The maximum absolute atomic E-state index is 11.1. The smallest absolute Gasteiger partial charge is 0.176 e. The Morgan fingerprint density at radius 2 is 1.91 bits per heavy atom. The second kappa shape index (κ2) is 2.60. The first-order valence-corrected chi connectivity index (χ1v) is 5.95. The maximum Gasteiger partial charge on any atom is 0.176 e. The minimum atomic E-state index is -3.01. The van der Waals surface area contributed by atoms with E-state index in [0.717, 1.165) is 10.4 Å². The molecule has 1 heterocycles. The van der Waals surface area contributed by atoms with Crippen molar-refractivity contribution in [2.75, 3.05) is 6.26 Å². The highest BCUT2D eigenvalue weighted by molar-refractivity contribution is 7.91. The molecule has 0 fully saturated rings. The third kappa shape index (κ3) is 1.62. The predicted octanol–water partition coefficient (Wildman–Crippen LogP) is 1.77. The lowest BCUT2D eigenvalue weighted by molar-refractivity contribution is 0.601. The second-order valence-corrected chi connectivity index (χ2v) is 5.61. The fourth-order valence-corrected chi connectivity index (χ4v) is 3.69. The summed E-state index contributed by atoms with van der Waals surface area (Å²) in [6.45, 7) is 3.65. The second-order valence-electron chi connectivity index (χ2n) is 2.58. The molecule has 62 valence electrons. The van der Waals surface area contributed by atoms with Gasteiger partial charge in [0.1, 0.15) is 0 Å².